The first kappa shape index (κ1) is 14.2. The zero-order valence-corrected chi connectivity index (χ0v) is 8.90. The fourth-order valence-electron chi connectivity index (χ4n) is 1.12. The Bertz CT molecular complexity index is 314. The van der Waals surface area contributed by atoms with E-state index in [-0.39, 0.29) is 18.1 Å². The Balaban J connectivity index is 0.00000196. The summed E-state index contributed by atoms with van der Waals surface area (Å²) in [5.74, 6) is 0. The maximum absolute atomic E-state index is 12.0. The number of halogens is 4. The van der Waals surface area contributed by atoms with Gasteiger partial charge in [-0.2, -0.15) is 13.2 Å². The lowest BCUT2D eigenvalue weighted by atomic mass is 10.1. The molecule has 2 N–H and O–H groups in total. The summed E-state index contributed by atoms with van der Waals surface area (Å²) in [5.41, 5.74) is 6.31. The summed E-state index contributed by atoms with van der Waals surface area (Å²) in [6, 6.07) is 3.79. The van der Waals surface area contributed by atoms with Crippen LogP contribution in [-0.2, 0) is 0 Å². The molecule has 0 aromatic carbocycles. The van der Waals surface area contributed by atoms with Crippen molar-refractivity contribution in [1.29, 1.82) is 0 Å². The molecule has 86 valence electrons. The highest BCUT2D eigenvalue weighted by Crippen LogP contribution is 2.26. The van der Waals surface area contributed by atoms with Gasteiger partial charge in [0.15, 0.2) is 0 Å². The van der Waals surface area contributed by atoms with Gasteiger partial charge in [0.05, 0.1) is 18.2 Å². The number of hydrogen-bond acceptors (Lipinski definition) is 2. The molecule has 6 heteroatoms. The average molecular weight is 241 g/mol. The van der Waals surface area contributed by atoms with Crippen LogP contribution in [0.15, 0.2) is 18.2 Å². The standard InChI is InChI=1S/C9H11F3N2.ClH/c1-6-3-2-4-8(14-6)7(13)5-9(10,11)12;/h2-4,7H,5,13H2,1H3;1H/t7-;/m1./s1. The van der Waals surface area contributed by atoms with Crippen molar-refractivity contribution in [3.05, 3.63) is 29.6 Å². The number of pyridine rings is 1. The summed E-state index contributed by atoms with van der Waals surface area (Å²) in [4.78, 5) is 3.93. The van der Waals surface area contributed by atoms with E-state index in [1.54, 1.807) is 19.1 Å². The molecule has 15 heavy (non-hydrogen) atoms. The Morgan fingerprint density at radius 3 is 2.47 bits per heavy atom. The van der Waals surface area contributed by atoms with Gasteiger partial charge in [-0.1, -0.05) is 6.07 Å². The van der Waals surface area contributed by atoms with E-state index < -0.39 is 18.6 Å². The summed E-state index contributed by atoms with van der Waals surface area (Å²) >= 11 is 0. The third-order valence-corrected chi connectivity index (χ3v) is 1.74. The number of rotatable bonds is 2. The SMILES string of the molecule is Cc1cccc([C@H](N)CC(F)(F)F)n1.Cl. The van der Waals surface area contributed by atoms with Gasteiger partial charge in [0.1, 0.15) is 0 Å². The zero-order chi connectivity index (χ0) is 10.8. The predicted molar refractivity (Wildman–Crippen MR) is 53.8 cm³/mol. The molecule has 1 rings (SSSR count). The first-order valence-electron chi connectivity index (χ1n) is 4.14. The van der Waals surface area contributed by atoms with Crippen molar-refractivity contribution in [2.45, 2.75) is 25.6 Å². The minimum Gasteiger partial charge on any atom is -0.322 e. The van der Waals surface area contributed by atoms with Crippen molar-refractivity contribution >= 4 is 12.4 Å². The fourth-order valence-corrected chi connectivity index (χ4v) is 1.12. The summed E-state index contributed by atoms with van der Waals surface area (Å²) in [7, 11) is 0. The third-order valence-electron chi connectivity index (χ3n) is 1.74. The molecule has 2 nitrogen and oxygen atoms in total. The third kappa shape index (κ3) is 4.99. The molecule has 0 amide bonds. The molecule has 0 aliphatic rings. The second kappa shape index (κ2) is 5.32. The molecular weight excluding hydrogens is 229 g/mol. The maximum Gasteiger partial charge on any atom is 0.390 e. The molecular formula is C9H12ClF3N2. The Kier molecular flexibility index (Phi) is 5.03. The van der Waals surface area contributed by atoms with Crippen LogP contribution < -0.4 is 5.73 Å². The zero-order valence-electron chi connectivity index (χ0n) is 8.08. The van der Waals surface area contributed by atoms with E-state index in [0.717, 1.165) is 0 Å². The Hall–Kier alpha value is -0.810. The number of nitrogens with zero attached hydrogens (tertiary/aromatic N) is 1. The summed E-state index contributed by atoms with van der Waals surface area (Å²) in [6.45, 7) is 1.71. The van der Waals surface area contributed by atoms with Gasteiger partial charge >= 0.3 is 6.18 Å². The van der Waals surface area contributed by atoms with Gasteiger partial charge < -0.3 is 5.73 Å². The fraction of sp³-hybridized carbons (Fsp3) is 0.444. The second-order valence-corrected chi connectivity index (χ2v) is 3.13. The van der Waals surface area contributed by atoms with Gasteiger partial charge in [0.2, 0.25) is 0 Å². The van der Waals surface area contributed by atoms with Gasteiger partial charge in [0.25, 0.3) is 0 Å². The van der Waals surface area contributed by atoms with Gasteiger partial charge in [-0.3, -0.25) is 4.98 Å². The lowest BCUT2D eigenvalue weighted by Crippen LogP contribution is -2.21. The van der Waals surface area contributed by atoms with E-state index in [9.17, 15) is 13.2 Å². The molecule has 0 radical (unpaired) electrons. The molecule has 0 saturated heterocycles. The Morgan fingerprint density at radius 1 is 1.40 bits per heavy atom. The van der Waals surface area contributed by atoms with Crippen LogP contribution in [0.25, 0.3) is 0 Å². The quantitative estimate of drug-likeness (QED) is 0.863. The number of alkyl halides is 3. The molecule has 0 unspecified atom stereocenters. The van der Waals surface area contributed by atoms with Crippen LogP contribution in [0.3, 0.4) is 0 Å². The summed E-state index contributed by atoms with van der Waals surface area (Å²) in [6.07, 6.45) is -5.28. The largest absolute Gasteiger partial charge is 0.390 e. The van der Waals surface area contributed by atoms with Gasteiger partial charge in [-0.05, 0) is 19.1 Å². The number of aromatic nitrogens is 1. The molecule has 1 aromatic heterocycles. The van der Waals surface area contributed by atoms with Crippen molar-refractivity contribution in [3.8, 4) is 0 Å². The lowest BCUT2D eigenvalue weighted by Gasteiger charge is -2.13. The van der Waals surface area contributed by atoms with Crippen LogP contribution in [0.1, 0.15) is 23.9 Å². The molecule has 0 spiro atoms. The number of nitrogens with two attached hydrogens (primary N) is 1. The number of aryl methyl sites for hydroxylation is 1. The molecule has 1 aromatic rings. The van der Waals surface area contributed by atoms with Crippen LogP contribution in [0.4, 0.5) is 13.2 Å². The maximum atomic E-state index is 12.0. The first-order valence-corrected chi connectivity index (χ1v) is 4.14. The highest BCUT2D eigenvalue weighted by Gasteiger charge is 2.31. The highest BCUT2D eigenvalue weighted by molar-refractivity contribution is 5.85. The van der Waals surface area contributed by atoms with E-state index in [2.05, 4.69) is 4.98 Å². The second-order valence-electron chi connectivity index (χ2n) is 3.13. The van der Waals surface area contributed by atoms with Crippen LogP contribution >= 0.6 is 12.4 Å². The van der Waals surface area contributed by atoms with Crippen molar-refractivity contribution in [1.82, 2.24) is 4.98 Å². The molecule has 0 saturated carbocycles. The van der Waals surface area contributed by atoms with Crippen molar-refractivity contribution < 1.29 is 13.2 Å². The molecule has 1 atom stereocenters. The predicted octanol–water partition coefficient (Wildman–Crippen LogP) is 2.76. The van der Waals surface area contributed by atoms with E-state index >= 15 is 0 Å². The van der Waals surface area contributed by atoms with Crippen molar-refractivity contribution in [2.24, 2.45) is 5.73 Å². The molecule has 0 fully saturated rings. The molecule has 0 aliphatic heterocycles. The minimum absolute atomic E-state index is 0. The van der Waals surface area contributed by atoms with E-state index in [4.69, 9.17) is 5.73 Å². The average Bonchev–Trinajstić information content (AvgIpc) is 2.01. The molecule has 0 aliphatic carbocycles. The minimum atomic E-state index is -4.25. The molecule has 0 bridgehead atoms. The van der Waals surface area contributed by atoms with Crippen LogP contribution in [-0.4, -0.2) is 11.2 Å². The van der Waals surface area contributed by atoms with E-state index in [1.807, 2.05) is 0 Å². The Labute approximate surface area is 92.1 Å². The van der Waals surface area contributed by atoms with Crippen LogP contribution in [0.5, 0.6) is 0 Å². The summed E-state index contributed by atoms with van der Waals surface area (Å²) < 4.78 is 36.0. The molecule has 1 heterocycles. The van der Waals surface area contributed by atoms with Crippen molar-refractivity contribution in [3.63, 3.8) is 0 Å². The van der Waals surface area contributed by atoms with Gasteiger partial charge in [-0.15, -0.1) is 12.4 Å². The normalized spacial score (nSPS) is 13.1. The lowest BCUT2D eigenvalue weighted by molar-refractivity contribution is -0.138. The van der Waals surface area contributed by atoms with Crippen molar-refractivity contribution in [2.75, 3.05) is 0 Å². The van der Waals surface area contributed by atoms with E-state index in [1.165, 1.54) is 6.07 Å². The Morgan fingerprint density at radius 2 is 2.00 bits per heavy atom. The first-order chi connectivity index (χ1) is 6.38. The number of hydrogen-bond donors (Lipinski definition) is 1. The topological polar surface area (TPSA) is 38.9 Å². The highest BCUT2D eigenvalue weighted by atomic mass is 35.5. The monoisotopic (exact) mass is 240 g/mol. The van der Waals surface area contributed by atoms with Gasteiger partial charge in [-0.25, -0.2) is 0 Å². The van der Waals surface area contributed by atoms with E-state index in [0.29, 0.717) is 5.69 Å². The van der Waals surface area contributed by atoms with Crippen LogP contribution in [0, 0.1) is 6.92 Å². The van der Waals surface area contributed by atoms with Crippen LogP contribution in [0.2, 0.25) is 0 Å². The smallest absolute Gasteiger partial charge is 0.322 e. The summed E-state index contributed by atoms with van der Waals surface area (Å²) in [5, 5.41) is 0. The van der Waals surface area contributed by atoms with Gasteiger partial charge in [0, 0.05) is 5.69 Å².